The molecule has 1 fully saturated rings. The van der Waals surface area contributed by atoms with Gasteiger partial charge in [0.2, 0.25) is 0 Å². The van der Waals surface area contributed by atoms with Crippen LogP contribution in [0.2, 0.25) is 5.02 Å². The van der Waals surface area contributed by atoms with E-state index in [2.05, 4.69) is 0 Å². The lowest BCUT2D eigenvalue weighted by Crippen LogP contribution is -2.49. The summed E-state index contributed by atoms with van der Waals surface area (Å²) in [5.41, 5.74) is 0.262. The molecule has 0 atom stereocenters. The molecular formula is C13H15ClN2O4. The van der Waals surface area contributed by atoms with Crippen molar-refractivity contribution in [3.05, 3.63) is 28.8 Å². The third kappa shape index (κ3) is 3.40. The van der Waals surface area contributed by atoms with Crippen LogP contribution in [0.3, 0.4) is 0 Å². The fraction of sp³-hybridized carbons (Fsp3) is 0.385. The Kier molecular flexibility index (Phi) is 4.46. The van der Waals surface area contributed by atoms with Gasteiger partial charge in [0.1, 0.15) is 5.75 Å². The minimum Gasteiger partial charge on any atom is -0.508 e. The van der Waals surface area contributed by atoms with Crippen molar-refractivity contribution in [2.75, 3.05) is 32.7 Å². The van der Waals surface area contributed by atoms with Crippen LogP contribution < -0.4 is 0 Å². The van der Waals surface area contributed by atoms with E-state index in [1.165, 1.54) is 18.2 Å². The summed E-state index contributed by atoms with van der Waals surface area (Å²) in [4.78, 5) is 26.3. The number of piperazine rings is 1. The second-order valence-electron chi connectivity index (χ2n) is 4.63. The normalized spacial score (nSPS) is 16.1. The maximum absolute atomic E-state index is 12.3. The molecule has 0 aromatic heterocycles. The quantitative estimate of drug-likeness (QED) is 0.866. The minimum absolute atomic E-state index is 0.0118. The average molecular weight is 299 g/mol. The standard InChI is InChI=1S/C13H15ClN2O4/c14-11-2-1-9(17)7-10(11)13(20)16-5-3-15(4-6-16)8-12(18)19/h1-2,7,17H,3-6,8H2,(H,18,19). The number of carboxylic acid groups (broad SMARTS) is 1. The monoisotopic (exact) mass is 298 g/mol. The first-order valence-corrected chi connectivity index (χ1v) is 6.57. The van der Waals surface area contributed by atoms with Crippen LogP contribution in [-0.4, -0.2) is 64.6 Å². The number of aromatic hydroxyl groups is 1. The molecule has 1 heterocycles. The third-order valence-corrected chi connectivity index (χ3v) is 3.53. The number of halogens is 1. The fourth-order valence-corrected chi connectivity index (χ4v) is 2.35. The molecule has 0 bridgehead atoms. The number of carbonyl (C=O) groups excluding carboxylic acids is 1. The van der Waals surface area contributed by atoms with Crippen molar-refractivity contribution < 1.29 is 19.8 Å². The number of carboxylic acids is 1. The zero-order chi connectivity index (χ0) is 14.7. The Morgan fingerprint density at radius 3 is 2.45 bits per heavy atom. The third-order valence-electron chi connectivity index (χ3n) is 3.20. The Morgan fingerprint density at radius 2 is 1.85 bits per heavy atom. The van der Waals surface area contributed by atoms with Gasteiger partial charge in [0.05, 0.1) is 17.1 Å². The van der Waals surface area contributed by atoms with Gasteiger partial charge in [-0.25, -0.2) is 0 Å². The lowest BCUT2D eigenvalue weighted by molar-refractivity contribution is -0.138. The number of phenolic OH excluding ortho intramolecular Hbond substituents is 1. The average Bonchev–Trinajstić information content (AvgIpc) is 2.41. The molecule has 0 saturated carbocycles. The summed E-state index contributed by atoms with van der Waals surface area (Å²) >= 11 is 5.96. The Balaban J connectivity index is 2.01. The van der Waals surface area contributed by atoms with E-state index in [1.54, 1.807) is 9.80 Å². The molecule has 1 aromatic rings. The first-order valence-electron chi connectivity index (χ1n) is 6.19. The van der Waals surface area contributed by atoms with E-state index in [4.69, 9.17) is 16.7 Å². The van der Waals surface area contributed by atoms with Gasteiger partial charge in [-0.2, -0.15) is 0 Å². The van der Waals surface area contributed by atoms with Crippen molar-refractivity contribution in [2.24, 2.45) is 0 Å². The predicted molar refractivity (Wildman–Crippen MR) is 73.1 cm³/mol. The van der Waals surface area contributed by atoms with Crippen molar-refractivity contribution in [2.45, 2.75) is 0 Å². The van der Waals surface area contributed by atoms with Gasteiger partial charge in [0.15, 0.2) is 0 Å². The molecule has 1 saturated heterocycles. The summed E-state index contributed by atoms with van der Waals surface area (Å²) in [5, 5.41) is 18.4. The Morgan fingerprint density at radius 1 is 1.20 bits per heavy atom. The Hall–Kier alpha value is -1.79. The molecule has 108 valence electrons. The number of nitrogens with zero attached hydrogens (tertiary/aromatic N) is 2. The number of benzene rings is 1. The highest BCUT2D eigenvalue weighted by Crippen LogP contribution is 2.23. The summed E-state index contributed by atoms with van der Waals surface area (Å²) in [5.74, 6) is -1.14. The summed E-state index contributed by atoms with van der Waals surface area (Å²) in [7, 11) is 0. The molecule has 6 nitrogen and oxygen atoms in total. The van der Waals surface area contributed by atoms with E-state index in [-0.39, 0.29) is 23.8 Å². The lowest BCUT2D eigenvalue weighted by atomic mass is 10.1. The smallest absolute Gasteiger partial charge is 0.317 e. The topological polar surface area (TPSA) is 81.1 Å². The van der Waals surface area contributed by atoms with E-state index in [0.717, 1.165) is 0 Å². The maximum Gasteiger partial charge on any atom is 0.317 e. The molecule has 2 N–H and O–H groups in total. The number of aliphatic carboxylic acids is 1. The molecule has 1 aromatic carbocycles. The van der Waals surface area contributed by atoms with Crippen LogP contribution in [-0.2, 0) is 4.79 Å². The van der Waals surface area contributed by atoms with Crippen LogP contribution in [0.5, 0.6) is 5.75 Å². The highest BCUT2D eigenvalue weighted by Gasteiger charge is 2.24. The number of amides is 1. The molecule has 0 spiro atoms. The van der Waals surface area contributed by atoms with Gasteiger partial charge in [0, 0.05) is 26.2 Å². The molecule has 1 aliphatic heterocycles. The van der Waals surface area contributed by atoms with Gasteiger partial charge in [-0.1, -0.05) is 11.6 Å². The van der Waals surface area contributed by atoms with Gasteiger partial charge < -0.3 is 15.1 Å². The van der Waals surface area contributed by atoms with Gasteiger partial charge in [0.25, 0.3) is 5.91 Å². The predicted octanol–water partition coefficient (Wildman–Crippen LogP) is 0.888. The number of phenols is 1. The SMILES string of the molecule is O=C(O)CN1CCN(C(=O)c2cc(O)ccc2Cl)CC1. The van der Waals surface area contributed by atoms with E-state index >= 15 is 0 Å². The second kappa shape index (κ2) is 6.11. The second-order valence-corrected chi connectivity index (χ2v) is 5.03. The summed E-state index contributed by atoms with van der Waals surface area (Å²) in [6, 6.07) is 4.24. The summed E-state index contributed by atoms with van der Waals surface area (Å²) in [6.07, 6.45) is 0. The number of hydrogen-bond donors (Lipinski definition) is 2. The van der Waals surface area contributed by atoms with Gasteiger partial charge in [-0.15, -0.1) is 0 Å². The highest BCUT2D eigenvalue weighted by atomic mass is 35.5. The lowest BCUT2D eigenvalue weighted by Gasteiger charge is -2.34. The minimum atomic E-state index is -0.874. The summed E-state index contributed by atoms with van der Waals surface area (Å²) in [6.45, 7) is 1.88. The van der Waals surface area contributed by atoms with Crippen LogP contribution in [0.15, 0.2) is 18.2 Å². The highest BCUT2D eigenvalue weighted by molar-refractivity contribution is 6.33. The summed E-state index contributed by atoms with van der Waals surface area (Å²) < 4.78 is 0. The van der Waals surface area contributed by atoms with Crippen molar-refractivity contribution >= 4 is 23.5 Å². The fourth-order valence-electron chi connectivity index (χ4n) is 2.15. The van der Waals surface area contributed by atoms with E-state index in [9.17, 15) is 14.7 Å². The Labute approximate surface area is 121 Å². The molecule has 1 amide bonds. The van der Waals surface area contributed by atoms with Crippen molar-refractivity contribution in [3.63, 3.8) is 0 Å². The number of rotatable bonds is 3. The molecule has 7 heteroatoms. The Bertz CT molecular complexity index is 527. The van der Waals surface area contributed by atoms with Crippen LogP contribution in [0.1, 0.15) is 10.4 Å². The molecule has 20 heavy (non-hydrogen) atoms. The van der Waals surface area contributed by atoms with Crippen molar-refractivity contribution in [1.82, 2.24) is 9.80 Å². The van der Waals surface area contributed by atoms with Crippen molar-refractivity contribution in [1.29, 1.82) is 0 Å². The van der Waals surface area contributed by atoms with Gasteiger partial charge in [-0.05, 0) is 18.2 Å². The molecular weight excluding hydrogens is 284 g/mol. The van der Waals surface area contributed by atoms with Crippen LogP contribution >= 0.6 is 11.6 Å². The zero-order valence-corrected chi connectivity index (χ0v) is 11.5. The first-order chi connectivity index (χ1) is 9.47. The van der Waals surface area contributed by atoms with Gasteiger partial charge >= 0.3 is 5.97 Å². The number of hydrogen-bond acceptors (Lipinski definition) is 4. The van der Waals surface area contributed by atoms with Crippen LogP contribution in [0, 0.1) is 0 Å². The van der Waals surface area contributed by atoms with E-state index in [1.807, 2.05) is 0 Å². The maximum atomic E-state index is 12.3. The van der Waals surface area contributed by atoms with Crippen LogP contribution in [0.4, 0.5) is 0 Å². The largest absolute Gasteiger partial charge is 0.508 e. The van der Waals surface area contributed by atoms with E-state index < -0.39 is 5.97 Å². The molecule has 1 aliphatic rings. The van der Waals surface area contributed by atoms with Gasteiger partial charge in [-0.3, -0.25) is 14.5 Å². The molecule has 0 aliphatic carbocycles. The zero-order valence-electron chi connectivity index (χ0n) is 10.8. The van der Waals surface area contributed by atoms with Crippen LogP contribution in [0.25, 0.3) is 0 Å². The molecule has 0 unspecified atom stereocenters. The molecule has 2 rings (SSSR count). The van der Waals surface area contributed by atoms with Crippen molar-refractivity contribution in [3.8, 4) is 5.75 Å². The molecule has 0 radical (unpaired) electrons. The number of carbonyl (C=O) groups is 2. The first kappa shape index (κ1) is 14.6. The van der Waals surface area contributed by atoms with E-state index in [0.29, 0.717) is 31.2 Å².